The molecule has 0 radical (unpaired) electrons. The molecule has 2 aliphatic rings. The first-order chi connectivity index (χ1) is 16.0. The van der Waals surface area contributed by atoms with E-state index >= 15 is 0 Å². The molecule has 0 aromatic heterocycles. The van der Waals surface area contributed by atoms with Crippen LogP contribution < -0.4 is 31.1 Å². The summed E-state index contributed by atoms with van der Waals surface area (Å²) in [4.78, 5) is 11.1. The zero-order chi connectivity index (χ0) is 22.9. The van der Waals surface area contributed by atoms with E-state index in [1.165, 1.54) is 11.1 Å². The van der Waals surface area contributed by atoms with Crippen molar-refractivity contribution in [2.45, 2.75) is 25.4 Å². The Labute approximate surface area is 203 Å². The summed E-state index contributed by atoms with van der Waals surface area (Å²) in [5.74, 6) is 0.888. The Kier molecular flexibility index (Phi) is 6.12. The molecular weight excluding hydrogens is 531 g/mol. The first kappa shape index (κ1) is 22.0. The van der Waals surface area contributed by atoms with Gasteiger partial charge in [0.2, 0.25) is 0 Å². The molecule has 3 aromatic carbocycles. The van der Waals surface area contributed by atoms with Gasteiger partial charge in [-0.15, -0.1) is 0 Å². The van der Waals surface area contributed by atoms with Crippen LogP contribution in [0.1, 0.15) is 30.4 Å². The summed E-state index contributed by atoms with van der Waals surface area (Å²) >= 11 is -1.18. The summed E-state index contributed by atoms with van der Waals surface area (Å²) < 4.78 is 18.7. The van der Waals surface area contributed by atoms with E-state index in [1.54, 1.807) is 0 Å². The van der Waals surface area contributed by atoms with E-state index in [2.05, 4.69) is 49.9 Å². The molecule has 0 saturated heterocycles. The number of carboxylic acids is 1. The summed E-state index contributed by atoms with van der Waals surface area (Å²) in [7, 11) is 0. The van der Waals surface area contributed by atoms with Crippen LogP contribution >= 0.6 is 0 Å². The summed E-state index contributed by atoms with van der Waals surface area (Å²) in [6, 6.07) is 16.5. The van der Waals surface area contributed by atoms with E-state index in [-0.39, 0.29) is 16.8 Å². The van der Waals surface area contributed by atoms with Crippen molar-refractivity contribution in [3.8, 4) is 22.6 Å². The van der Waals surface area contributed by atoms with Crippen LogP contribution in [0.15, 0.2) is 64.8 Å². The number of hydrogen-bond acceptors (Lipinski definition) is 4. The Bertz CT molecular complexity index is 1280. The van der Waals surface area contributed by atoms with Gasteiger partial charge in [-0.2, -0.15) is 0 Å². The second kappa shape index (κ2) is 9.19. The molecule has 1 N–H and O–H groups in total. The van der Waals surface area contributed by atoms with Crippen molar-refractivity contribution in [3.63, 3.8) is 0 Å². The van der Waals surface area contributed by atoms with Crippen LogP contribution in [-0.2, 0) is 7.86 Å². The molecule has 1 heterocycles. The van der Waals surface area contributed by atoms with Crippen LogP contribution in [0.5, 0.6) is 11.5 Å². The van der Waals surface area contributed by atoms with Gasteiger partial charge in [-0.1, -0.05) is 0 Å². The van der Waals surface area contributed by atoms with Crippen molar-refractivity contribution in [2.75, 3.05) is 13.2 Å². The molecule has 0 spiro atoms. The maximum absolute atomic E-state index is 11.1. The molecular formula is C27H24IO5-. The van der Waals surface area contributed by atoms with E-state index in [0.717, 1.165) is 39.8 Å². The predicted octanol–water partition coefficient (Wildman–Crippen LogP) is 2.79. The minimum absolute atomic E-state index is 0.107. The molecule has 0 amide bonds. The van der Waals surface area contributed by atoms with Crippen LogP contribution in [0, 0.1) is 0 Å². The Morgan fingerprint density at radius 2 is 1.79 bits per heavy atom. The molecule has 0 bridgehead atoms. The van der Waals surface area contributed by atoms with Crippen molar-refractivity contribution < 1.29 is 44.1 Å². The molecule has 6 heteroatoms. The maximum atomic E-state index is 11.1. The number of hydrogen-bond donors (Lipinski definition) is 1. The molecule has 1 aliphatic carbocycles. The van der Waals surface area contributed by atoms with Crippen molar-refractivity contribution in [1.82, 2.24) is 0 Å². The van der Waals surface area contributed by atoms with Gasteiger partial charge >= 0.3 is 204 Å². The first-order valence-electron chi connectivity index (χ1n) is 10.9. The molecule has 3 aromatic rings. The zero-order valence-electron chi connectivity index (χ0n) is 18.2. The average Bonchev–Trinajstić information content (AvgIpc) is 2.90. The number of carbonyl (C=O) groups is 1. The van der Waals surface area contributed by atoms with Crippen molar-refractivity contribution in [2.24, 2.45) is 0 Å². The molecule has 33 heavy (non-hydrogen) atoms. The van der Waals surface area contributed by atoms with Gasteiger partial charge in [0, 0.05) is 0 Å². The average molecular weight is 555 g/mol. The fourth-order valence-corrected chi connectivity index (χ4v) is 5.58. The van der Waals surface area contributed by atoms with Crippen molar-refractivity contribution >= 4 is 22.8 Å². The molecule has 1 aliphatic heterocycles. The minimum atomic E-state index is -1.18. The number of benzene rings is 3. The number of aliphatic carboxylic acids is 1. The second-order valence-corrected chi connectivity index (χ2v) is 10.5. The third-order valence-electron chi connectivity index (χ3n) is 6.01. The van der Waals surface area contributed by atoms with Gasteiger partial charge in [-0.3, -0.25) is 0 Å². The Balaban J connectivity index is 1.66. The fourth-order valence-electron chi connectivity index (χ4n) is 4.43. The SMILES string of the molecule is C=C([I-]OC1COc2ccc3c(c2-c2c(ccc4ccccc24)OC1)C(C)CC=C3)C(=O)O. The van der Waals surface area contributed by atoms with Gasteiger partial charge in [0.05, 0.1) is 0 Å². The summed E-state index contributed by atoms with van der Waals surface area (Å²) in [5, 5.41) is 11.4. The molecule has 5 rings (SSSR count). The summed E-state index contributed by atoms with van der Waals surface area (Å²) in [6.45, 7) is 6.38. The molecule has 2 unspecified atom stereocenters. The summed E-state index contributed by atoms with van der Waals surface area (Å²) in [5.41, 5.74) is 4.57. The van der Waals surface area contributed by atoms with Crippen molar-refractivity contribution in [3.05, 3.63) is 75.9 Å². The zero-order valence-corrected chi connectivity index (χ0v) is 20.4. The third kappa shape index (κ3) is 4.25. The molecule has 170 valence electrons. The third-order valence-corrected chi connectivity index (χ3v) is 7.97. The van der Waals surface area contributed by atoms with E-state index in [4.69, 9.17) is 17.6 Å². The Hall–Kier alpha value is -2.84. The monoisotopic (exact) mass is 555 g/mol. The van der Waals surface area contributed by atoms with Crippen LogP contribution in [0.3, 0.4) is 0 Å². The number of ether oxygens (including phenoxy) is 2. The first-order valence-corrected chi connectivity index (χ1v) is 12.8. The summed E-state index contributed by atoms with van der Waals surface area (Å²) in [6.07, 6.45) is 4.98. The number of carboxylic acid groups (broad SMARTS) is 1. The Morgan fingerprint density at radius 1 is 1.06 bits per heavy atom. The van der Waals surface area contributed by atoms with Gasteiger partial charge in [0.1, 0.15) is 0 Å². The number of halogens is 1. The molecule has 2 atom stereocenters. The Morgan fingerprint density at radius 3 is 2.58 bits per heavy atom. The van der Waals surface area contributed by atoms with Crippen LogP contribution in [-0.4, -0.2) is 30.4 Å². The molecule has 5 nitrogen and oxygen atoms in total. The molecule has 0 fully saturated rings. The van der Waals surface area contributed by atoms with E-state index in [1.807, 2.05) is 24.3 Å². The standard InChI is InChI=1S/C27H24IO5/c1-16-6-5-8-19-11-13-23-26(24(16)19)25-21-9-4-3-7-18(21)10-12-22(25)31-14-20(15-32-23)33-28-17(2)27(29)30/h3-5,7-13,16,20H,2,6,14-15H2,1H3,(H,29,30)/q-1. The van der Waals surface area contributed by atoms with Crippen LogP contribution in [0.25, 0.3) is 28.0 Å². The normalized spacial score (nSPS) is 19.2. The van der Waals surface area contributed by atoms with Crippen molar-refractivity contribution in [1.29, 1.82) is 0 Å². The number of fused-ring (bicyclic) bond motifs is 7. The second-order valence-electron chi connectivity index (χ2n) is 8.26. The topological polar surface area (TPSA) is 65.0 Å². The van der Waals surface area contributed by atoms with E-state index < -0.39 is 33.7 Å². The number of allylic oxidation sites excluding steroid dienone is 1. The van der Waals surface area contributed by atoms with Gasteiger partial charge < -0.3 is 0 Å². The predicted molar refractivity (Wildman–Crippen MR) is 124 cm³/mol. The van der Waals surface area contributed by atoms with Crippen LogP contribution in [0.4, 0.5) is 0 Å². The number of rotatable bonds is 4. The van der Waals surface area contributed by atoms with E-state index in [0.29, 0.717) is 5.92 Å². The van der Waals surface area contributed by atoms with Crippen LogP contribution in [0.2, 0.25) is 0 Å². The fraction of sp³-hybridized carbons (Fsp3) is 0.222. The van der Waals surface area contributed by atoms with Gasteiger partial charge in [-0.25, -0.2) is 0 Å². The van der Waals surface area contributed by atoms with Gasteiger partial charge in [0.15, 0.2) is 0 Å². The molecule has 0 saturated carbocycles. The van der Waals surface area contributed by atoms with E-state index in [9.17, 15) is 4.79 Å². The van der Waals surface area contributed by atoms with Gasteiger partial charge in [0.25, 0.3) is 0 Å². The van der Waals surface area contributed by atoms with Gasteiger partial charge in [-0.05, 0) is 0 Å². The quantitative estimate of drug-likeness (QED) is 0.397.